The number of nitrogens with one attached hydrogen (secondary N) is 2. The van der Waals surface area contributed by atoms with Crippen molar-refractivity contribution in [2.75, 3.05) is 23.4 Å². The second-order valence-electron chi connectivity index (χ2n) is 6.15. The van der Waals surface area contributed by atoms with E-state index in [1.165, 1.54) is 0 Å². The molecule has 0 radical (unpaired) electrons. The molecule has 138 valence electrons. The molecule has 2 aromatic carbocycles. The molecule has 1 unspecified atom stereocenters. The van der Waals surface area contributed by atoms with Crippen LogP contribution in [0.5, 0.6) is 11.5 Å². The molecule has 2 heterocycles. The summed E-state index contributed by atoms with van der Waals surface area (Å²) in [5.41, 5.74) is 0.960. The number of para-hydroxylation sites is 3. The van der Waals surface area contributed by atoms with Crippen molar-refractivity contribution < 1.29 is 23.9 Å². The van der Waals surface area contributed by atoms with E-state index < -0.39 is 18.0 Å². The largest absolute Gasteiger partial charge is 0.486 e. The summed E-state index contributed by atoms with van der Waals surface area (Å²) < 4.78 is 11.1. The van der Waals surface area contributed by atoms with Gasteiger partial charge in [-0.1, -0.05) is 18.2 Å². The zero-order chi connectivity index (χ0) is 19.0. The molecule has 2 aliphatic rings. The van der Waals surface area contributed by atoms with Crippen LogP contribution in [0, 0.1) is 0 Å². The third kappa shape index (κ3) is 2.95. The normalized spacial score (nSPS) is 18.3. The van der Waals surface area contributed by atoms with Crippen molar-refractivity contribution in [2.45, 2.75) is 13.0 Å². The molecule has 1 fully saturated rings. The predicted molar refractivity (Wildman–Crippen MR) is 97.3 cm³/mol. The van der Waals surface area contributed by atoms with Gasteiger partial charge in [0.2, 0.25) is 0 Å². The van der Waals surface area contributed by atoms with Crippen LogP contribution in [0.3, 0.4) is 0 Å². The maximum atomic E-state index is 12.8. The van der Waals surface area contributed by atoms with E-state index in [1.54, 1.807) is 49.4 Å². The Morgan fingerprint density at radius 2 is 1.89 bits per heavy atom. The number of rotatable bonds is 3. The molecule has 8 heteroatoms. The van der Waals surface area contributed by atoms with E-state index in [4.69, 9.17) is 9.47 Å². The molecule has 4 amide bonds. The van der Waals surface area contributed by atoms with Crippen LogP contribution in [0.25, 0.3) is 0 Å². The average Bonchev–Trinajstić information content (AvgIpc) is 2.93. The second-order valence-corrected chi connectivity index (χ2v) is 6.15. The first-order valence-electron chi connectivity index (χ1n) is 8.49. The highest BCUT2D eigenvalue weighted by Gasteiger charge is 2.37. The summed E-state index contributed by atoms with van der Waals surface area (Å²) in [5, 5.41) is 5.32. The Kier molecular flexibility index (Phi) is 4.15. The highest BCUT2D eigenvalue weighted by molar-refractivity contribution is 6.23. The molecular weight excluding hydrogens is 350 g/mol. The number of amides is 4. The number of carbonyl (C=O) groups is 3. The maximum absolute atomic E-state index is 12.8. The van der Waals surface area contributed by atoms with Crippen LogP contribution in [-0.2, 0) is 4.79 Å². The Labute approximate surface area is 155 Å². The van der Waals surface area contributed by atoms with E-state index in [2.05, 4.69) is 10.6 Å². The van der Waals surface area contributed by atoms with Crippen molar-refractivity contribution in [3.8, 4) is 11.5 Å². The van der Waals surface area contributed by atoms with Crippen LogP contribution in [0.1, 0.15) is 17.3 Å². The van der Waals surface area contributed by atoms with Gasteiger partial charge in [-0.05, 0) is 31.2 Å². The molecule has 4 rings (SSSR count). The number of anilines is 2. The number of ether oxygens (including phenoxy) is 2. The van der Waals surface area contributed by atoms with Crippen LogP contribution < -0.4 is 25.0 Å². The molecule has 0 aromatic heterocycles. The minimum atomic E-state index is -0.618. The molecule has 0 saturated carbocycles. The standard InChI is InChI=1S/C19H17N3O5/c1-11-18(24)22(19(25)20-11)14-7-3-2-6-13(14)21-17(23)12-5-4-8-15-16(12)27-10-9-26-15/h2-8,11H,9-10H2,1H3,(H,20,25)(H,21,23). The summed E-state index contributed by atoms with van der Waals surface area (Å²) in [7, 11) is 0. The van der Waals surface area contributed by atoms with E-state index in [1.807, 2.05) is 0 Å². The van der Waals surface area contributed by atoms with Gasteiger partial charge in [0.05, 0.1) is 16.9 Å². The molecule has 2 aromatic rings. The summed E-state index contributed by atoms with van der Waals surface area (Å²) in [6, 6.07) is 10.5. The first kappa shape index (κ1) is 16.9. The maximum Gasteiger partial charge on any atom is 0.329 e. The van der Waals surface area contributed by atoms with Gasteiger partial charge in [0, 0.05) is 0 Å². The molecule has 1 saturated heterocycles. The minimum Gasteiger partial charge on any atom is -0.486 e. The Morgan fingerprint density at radius 1 is 1.11 bits per heavy atom. The number of urea groups is 1. The fourth-order valence-electron chi connectivity index (χ4n) is 3.05. The van der Waals surface area contributed by atoms with Gasteiger partial charge in [0.1, 0.15) is 19.3 Å². The summed E-state index contributed by atoms with van der Waals surface area (Å²) >= 11 is 0. The number of imide groups is 1. The number of fused-ring (bicyclic) bond motifs is 1. The summed E-state index contributed by atoms with van der Waals surface area (Å²) in [6.45, 7) is 2.38. The Bertz CT molecular complexity index is 943. The fourth-order valence-corrected chi connectivity index (χ4v) is 3.05. The third-order valence-corrected chi connectivity index (χ3v) is 4.34. The van der Waals surface area contributed by atoms with Crippen LogP contribution in [-0.4, -0.2) is 37.1 Å². The zero-order valence-corrected chi connectivity index (χ0v) is 14.5. The number of benzene rings is 2. The van der Waals surface area contributed by atoms with Crippen molar-refractivity contribution in [3.05, 3.63) is 48.0 Å². The predicted octanol–water partition coefficient (Wildman–Crippen LogP) is 2.15. The molecule has 2 aliphatic heterocycles. The van der Waals surface area contributed by atoms with Crippen molar-refractivity contribution in [1.82, 2.24) is 5.32 Å². The summed E-state index contributed by atoms with van der Waals surface area (Å²) in [5.74, 6) is 0.0767. The lowest BCUT2D eigenvalue weighted by molar-refractivity contribution is -0.117. The van der Waals surface area contributed by atoms with Gasteiger partial charge < -0.3 is 20.1 Å². The zero-order valence-electron chi connectivity index (χ0n) is 14.5. The van der Waals surface area contributed by atoms with Crippen molar-refractivity contribution in [1.29, 1.82) is 0 Å². The van der Waals surface area contributed by atoms with Crippen LogP contribution in [0.2, 0.25) is 0 Å². The molecular formula is C19H17N3O5. The van der Waals surface area contributed by atoms with E-state index in [0.29, 0.717) is 41.7 Å². The molecule has 27 heavy (non-hydrogen) atoms. The number of hydrogen-bond acceptors (Lipinski definition) is 5. The summed E-state index contributed by atoms with van der Waals surface area (Å²) in [6.07, 6.45) is 0. The lowest BCUT2D eigenvalue weighted by atomic mass is 10.1. The first-order valence-corrected chi connectivity index (χ1v) is 8.49. The molecule has 8 nitrogen and oxygen atoms in total. The second kappa shape index (κ2) is 6.64. The van der Waals surface area contributed by atoms with E-state index in [-0.39, 0.29) is 5.91 Å². The van der Waals surface area contributed by atoms with Gasteiger partial charge >= 0.3 is 6.03 Å². The third-order valence-electron chi connectivity index (χ3n) is 4.34. The van der Waals surface area contributed by atoms with Crippen LogP contribution in [0.4, 0.5) is 16.2 Å². The summed E-state index contributed by atoms with van der Waals surface area (Å²) in [4.78, 5) is 38.3. The molecule has 0 bridgehead atoms. The van der Waals surface area contributed by atoms with Crippen LogP contribution >= 0.6 is 0 Å². The molecule has 0 spiro atoms. The first-order chi connectivity index (χ1) is 13.1. The lowest BCUT2D eigenvalue weighted by Gasteiger charge is -2.21. The SMILES string of the molecule is CC1NC(=O)N(c2ccccc2NC(=O)c2cccc3c2OCCO3)C1=O. The Morgan fingerprint density at radius 3 is 2.67 bits per heavy atom. The highest BCUT2D eigenvalue weighted by atomic mass is 16.6. The van der Waals surface area contributed by atoms with Crippen LogP contribution in [0.15, 0.2) is 42.5 Å². The van der Waals surface area contributed by atoms with Gasteiger partial charge in [-0.3, -0.25) is 9.59 Å². The van der Waals surface area contributed by atoms with Crippen molar-refractivity contribution >= 4 is 29.2 Å². The average molecular weight is 367 g/mol. The highest BCUT2D eigenvalue weighted by Crippen LogP contribution is 2.35. The number of hydrogen-bond donors (Lipinski definition) is 2. The van der Waals surface area contributed by atoms with Crippen molar-refractivity contribution in [3.63, 3.8) is 0 Å². The fraction of sp³-hybridized carbons (Fsp3) is 0.211. The van der Waals surface area contributed by atoms with Gasteiger partial charge in [-0.2, -0.15) is 0 Å². The quantitative estimate of drug-likeness (QED) is 0.811. The monoisotopic (exact) mass is 367 g/mol. The molecule has 0 aliphatic carbocycles. The van der Waals surface area contributed by atoms with Gasteiger partial charge in [0.15, 0.2) is 11.5 Å². The molecule has 1 atom stereocenters. The van der Waals surface area contributed by atoms with Gasteiger partial charge in [-0.15, -0.1) is 0 Å². The van der Waals surface area contributed by atoms with E-state index in [9.17, 15) is 14.4 Å². The smallest absolute Gasteiger partial charge is 0.329 e. The lowest BCUT2D eigenvalue weighted by Crippen LogP contribution is -2.32. The van der Waals surface area contributed by atoms with Crippen molar-refractivity contribution in [2.24, 2.45) is 0 Å². The number of carbonyl (C=O) groups excluding carboxylic acids is 3. The molecule has 2 N–H and O–H groups in total. The van der Waals surface area contributed by atoms with Gasteiger partial charge in [0.25, 0.3) is 11.8 Å². The number of nitrogens with zero attached hydrogens (tertiary/aromatic N) is 1. The van der Waals surface area contributed by atoms with E-state index in [0.717, 1.165) is 4.90 Å². The Balaban J connectivity index is 1.66. The minimum absolute atomic E-state index is 0.305. The topological polar surface area (TPSA) is 97.0 Å². The Hall–Kier alpha value is -3.55. The van der Waals surface area contributed by atoms with Gasteiger partial charge in [-0.25, -0.2) is 9.69 Å². The van der Waals surface area contributed by atoms with E-state index >= 15 is 0 Å².